The second-order valence-corrected chi connectivity index (χ2v) is 20.3. The van der Waals surface area contributed by atoms with Crippen LogP contribution in [-0.4, -0.2) is 19.1 Å². The predicted octanol–water partition coefficient (Wildman–Crippen LogP) is 17.2. The van der Waals surface area contributed by atoms with Gasteiger partial charge >= 0.3 is 0 Å². The van der Waals surface area contributed by atoms with E-state index < -0.39 is 0 Å². The zero-order valence-corrected chi connectivity index (χ0v) is 42.6. The van der Waals surface area contributed by atoms with Gasteiger partial charge in [0.05, 0.1) is 0 Å². The summed E-state index contributed by atoms with van der Waals surface area (Å²) in [5.74, 6) is 1.54. The second kappa shape index (κ2) is 26.2. The van der Waals surface area contributed by atoms with Crippen LogP contribution in [0.4, 0.5) is 0 Å². The number of rotatable bonds is 10. The van der Waals surface area contributed by atoms with E-state index in [0.717, 1.165) is 13.0 Å². The minimum absolute atomic E-state index is 0.481. The number of fused-ring (bicyclic) bond motifs is 2. The summed E-state index contributed by atoms with van der Waals surface area (Å²) >= 11 is 0. The Morgan fingerprint density at radius 3 is 1.19 bits per heavy atom. The molecule has 3 nitrogen and oxygen atoms in total. The maximum atomic E-state index is 3.72. The SMILES string of the molecule is C[C@@H](C[C@H](C)c1cccc2ccccc12)c1cccc2ccccc12.c1ccc(C(c2ccccc2)[C@H]2CCCN2)cc1.c1ccc([C@@H]2CCCCN2)cc1.c1ccc([C@H]2CC[C@H](c3ccccc3)N2)cc1. The molecule has 0 unspecified atom stereocenters. The summed E-state index contributed by atoms with van der Waals surface area (Å²) in [4.78, 5) is 0. The van der Waals surface area contributed by atoms with Crippen molar-refractivity contribution in [3.8, 4) is 0 Å². The normalized spacial score (nSPS) is 19.2. The van der Waals surface area contributed by atoms with Gasteiger partial charge in [-0.05, 0) is 130 Å². The van der Waals surface area contributed by atoms with Crippen LogP contribution in [0.1, 0.15) is 140 Å². The number of hydrogen-bond acceptors (Lipinski definition) is 3. The molecule has 0 aliphatic carbocycles. The maximum absolute atomic E-state index is 3.72. The highest BCUT2D eigenvalue weighted by Gasteiger charge is 2.28. The minimum atomic E-state index is 0.481. The summed E-state index contributed by atoms with van der Waals surface area (Å²) in [6.07, 6.45) is 10.2. The van der Waals surface area contributed by atoms with Crippen LogP contribution in [0.15, 0.2) is 237 Å². The third kappa shape index (κ3) is 13.5. The molecule has 3 aliphatic rings. The van der Waals surface area contributed by atoms with Gasteiger partial charge in [0.15, 0.2) is 0 Å². The first-order valence-corrected chi connectivity index (χ1v) is 27.0. The van der Waals surface area contributed by atoms with Crippen LogP contribution in [0.5, 0.6) is 0 Å². The van der Waals surface area contributed by atoms with Crippen molar-refractivity contribution in [1.29, 1.82) is 0 Å². The molecule has 3 saturated heterocycles. The highest BCUT2D eigenvalue weighted by Crippen LogP contribution is 2.37. The van der Waals surface area contributed by atoms with Gasteiger partial charge in [-0.1, -0.05) is 257 Å². The van der Waals surface area contributed by atoms with Crippen molar-refractivity contribution >= 4 is 21.5 Å². The van der Waals surface area contributed by atoms with Crippen LogP contribution in [0.2, 0.25) is 0 Å². The quantitative estimate of drug-likeness (QED) is 0.128. The van der Waals surface area contributed by atoms with E-state index in [-0.39, 0.29) is 0 Å². The van der Waals surface area contributed by atoms with Crippen molar-refractivity contribution in [1.82, 2.24) is 16.0 Å². The molecule has 3 heteroatoms. The lowest BCUT2D eigenvalue weighted by Gasteiger charge is -2.25. The first-order valence-electron chi connectivity index (χ1n) is 27.0. The monoisotopic (exact) mass is 946 g/mol. The Kier molecular flexibility index (Phi) is 18.3. The zero-order valence-electron chi connectivity index (χ0n) is 42.6. The first-order chi connectivity index (χ1) is 35.6. The fraction of sp³-hybridized carbons (Fsp3) is 0.275. The zero-order chi connectivity index (χ0) is 49.2. The molecule has 72 heavy (non-hydrogen) atoms. The molecule has 3 aliphatic heterocycles. The fourth-order valence-corrected chi connectivity index (χ4v) is 11.6. The summed E-state index contributed by atoms with van der Waals surface area (Å²) in [5.41, 5.74) is 10.0. The van der Waals surface area contributed by atoms with Crippen LogP contribution < -0.4 is 16.0 Å². The van der Waals surface area contributed by atoms with E-state index in [1.165, 1.54) is 112 Å². The van der Waals surface area contributed by atoms with Crippen LogP contribution in [-0.2, 0) is 0 Å². The van der Waals surface area contributed by atoms with Crippen molar-refractivity contribution in [2.45, 2.75) is 107 Å². The van der Waals surface area contributed by atoms with Gasteiger partial charge in [0.2, 0.25) is 0 Å². The van der Waals surface area contributed by atoms with Crippen molar-refractivity contribution in [3.63, 3.8) is 0 Å². The average molecular weight is 946 g/mol. The van der Waals surface area contributed by atoms with Crippen LogP contribution in [0.25, 0.3) is 21.5 Å². The van der Waals surface area contributed by atoms with Gasteiger partial charge in [0.25, 0.3) is 0 Å². The Morgan fingerprint density at radius 2 is 0.764 bits per heavy atom. The molecule has 0 bridgehead atoms. The Hall–Kier alpha value is -6.62. The molecule has 0 amide bonds. The Morgan fingerprint density at radius 1 is 0.361 bits per heavy atom. The molecule has 3 N–H and O–H groups in total. The highest BCUT2D eigenvalue weighted by atomic mass is 15.0. The van der Waals surface area contributed by atoms with E-state index in [1.54, 1.807) is 0 Å². The van der Waals surface area contributed by atoms with E-state index in [2.05, 4.69) is 266 Å². The Balaban J connectivity index is 0.000000122. The Bertz CT molecular complexity index is 2770. The predicted molar refractivity (Wildman–Crippen MR) is 307 cm³/mol. The van der Waals surface area contributed by atoms with E-state index >= 15 is 0 Å². The summed E-state index contributed by atoms with van der Waals surface area (Å²) in [7, 11) is 0. The van der Waals surface area contributed by atoms with Crippen LogP contribution in [0, 0.1) is 0 Å². The van der Waals surface area contributed by atoms with Crippen LogP contribution in [0.3, 0.4) is 0 Å². The van der Waals surface area contributed by atoms with Gasteiger partial charge in [-0.15, -0.1) is 0 Å². The topological polar surface area (TPSA) is 36.1 Å². The number of piperidine rings is 1. The molecule has 3 heterocycles. The van der Waals surface area contributed by atoms with E-state index in [0.29, 0.717) is 41.9 Å². The molecule has 366 valence electrons. The minimum Gasteiger partial charge on any atom is -0.313 e. The van der Waals surface area contributed by atoms with Crippen molar-refractivity contribution in [3.05, 3.63) is 276 Å². The van der Waals surface area contributed by atoms with E-state index in [4.69, 9.17) is 0 Å². The lowest BCUT2D eigenvalue weighted by Crippen LogP contribution is -2.29. The summed E-state index contributed by atoms with van der Waals surface area (Å²) in [5, 5.41) is 16.4. The lowest BCUT2D eigenvalue weighted by molar-refractivity contribution is 0.412. The van der Waals surface area contributed by atoms with Crippen molar-refractivity contribution < 1.29 is 0 Å². The molecule has 9 aromatic rings. The number of hydrogen-bond donors (Lipinski definition) is 3. The van der Waals surface area contributed by atoms with Gasteiger partial charge in [-0.3, -0.25) is 0 Å². The third-order valence-corrected chi connectivity index (χ3v) is 15.3. The standard InChI is InChI=1S/C25H24.C17H19N.C16H17N.C11H15N/c1-18(22-15-7-11-20-9-3-5-13-24(20)22)17-19(2)23-16-8-12-21-10-4-6-14-25(21)23;1-3-8-14(9-4-1)17(16-12-7-13-18-16)15-10-5-2-6-11-15;1-3-7-13(8-4-1)15-11-12-16(17-15)14-9-5-2-6-10-14;1-2-6-10(7-3-1)11-8-4-5-9-12-11/h3-16,18-19H,17H2,1-2H3;1-6,8-11,16-18H,7,12-13H2;1-10,15-17H,11-12H2;1-3,6-7,11-12H,4-5,8-9H2/t18-,19-;16-;15-,16-;11-/m0110/s1. The van der Waals surface area contributed by atoms with E-state index in [9.17, 15) is 0 Å². The molecule has 0 saturated carbocycles. The molecule has 3 fully saturated rings. The molecule has 6 atom stereocenters. The van der Waals surface area contributed by atoms with Gasteiger partial charge in [-0.2, -0.15) is 0 Å². The number of benzene rings is 9. The fourth-order valence-electron chi connectivity index (χ4n) is 11.6. The Labute approximate surface area is 431 Å². The van der Waals surface area contributed by atoms with Crippen molar-refractivity contribution in [2.24, 2.45) is 0 Å². The van der Waals surface area contributed by atoms with Gasteiger partial charge < -0.3 is 16.0 Å². The molecule has 0 spiro atoms. The lowest BCUT2D eigenvalue weighted by atomic mass is 9.84. The van der Waals surface area contributed by atoms with Crippen molar-refractivity contribution in [2.75, 3.05) is 13.1 Å². The molecule has 12 rings (SSSR count). The largest absolute Gasteiger partial charge is 0.313 e. The first kappa shape index (κ1) is 50.3. The molecule has 0 aromatic heterocycles. The smallest absolute Gasteiger partial charge is 0.0326 e. The summed E-state index contributed by atoms with van der Waals surface area (Å²) in [6, 6.07) is 87.0. The van der Waals surface area contributed by atoms with Gasteiger partial charge in [0, 0.05) is 30.1 Å². The molecular formula is C69H75N3. The third-order valence-electron chi connectivity index (χ3n) is 15.3. The van der Waals surface area contributed by atoms with E-state index in [1.807, 2.05) is 0 Å². The second-order valence-electron chi connectivity index (χ2n) is 20.3. The van der Waals surface area contributed by atoms with Crippen LogP contribution >= 0.6 is 0 Å². The molecular weight excluding hydrogens is 871 g/mol. The van der Waals surface area contributed by atoms with Gasteiger partial charge in [-0.25, -0.2) is 0 Å². The summed E-state index contributed by atoms with van der Waals surface area (Å²) in [6.45, 7) is 7.06. The molecule has 9 aromatic carbocycles. The van der Waals surface area contributed by atoms with Gasteiger partial charge in [0.1, 0.15) is 0 Å². The average Bonchev–Trinajstić information content (AvgIpc) is 4.19. The maximum Gasteiger partial charge on any atom is 0.0326 e. The highest BCUT2D eigenvalue weighted by molar-refractivity contribution is 5.87. The molecule has 0 radical (unpaired) electrons. The summed E-state index contributed by atoms with van der Waals surface area (Å²) < 4.78 is 0. The number of nitrogens with one attached hydrogen (secondary N) is 3.